The summed E-state index contributed by atoms with van der Waals surface area (Å²) in [5.74, 6) is -3.91. The molecule has 2 aromatic rings. The van der Waals surface area contributed by atoms with Crippen LogP contribution in [0.3, 0.4) is 0 Å². The number of nitrogens with zero attached hydrogens (tertiary/aromatic N) is 1. The van der Waals surface area contributed by atoms with Crippen LogP contribution in [0.4, 0.5) is 0 Å². The van der Waals surface area contributed by atoms with E-state index in [1.807, 2.05) is 13.8 Å². The zero-order valence-corrected chi connectivity index (χ0v) is 28.3. The molecule has 2 saturated heterocycles. The average molecular weight is 704 g/mol. The molecule has 6 N–H and O–H groups in total. The van der Waals surface area contributed by atoms with Crippen LogP contribution in [0.2, 0.25) is 10.0 Å². The number of amides is 6. The van der Waals surface area contributed by atoms with Crippen molar-refractivity contribution in [1.82, 2.24) is 31.5 Å². The number of carbonyl (C=O) groups excluding carboxylic acids is 6. The van der Waals surface area contributed by atoms with Gasteiger partial charge in [0.1, 0.15) is 24.2 Å². The lowest BCUT2D eigenvalue weighted by Gasteiger charge is -2.30. The van der Waals surface area contributed by atoms with Gasteiger partial charge in [-0.3, -0.25) is 28.8 Å². The molecule has 2 aliphatic rings. The van der Waals surface area contributed by atoms with E-state index in [9.17, 15) is 33.9 Å². The largest absolute Gasteiger partial charge is 0.394 e. The second-order valence-electron chi connectivity index (χ2n) is 12.4. The van der Waals surface area contributed by atoms with Crippen LogP contribution in [-0.4, -0.2) is 88.8 Å². The maximum atomic E-state index is 13.8. The number of benzene rings is 2. The van der Waals surface area contributed by atoms with Crippen LogP contribution in [0.25, 0.3) is 0 Å². The molecule has 0 unspecified atom stereocenters. The minimum Gasteiger partial charge on any atom is -0.394 e. The van der Waals surface area contributed by atoms with Gasteiger partial charge in [-0.25, -0.2) is 0 Å². The molecule has 2 aromatic carbocycles. The first kappa shape index (κ1) is 36.6. The van der Waals surface area contributed by atoms with E-state index in [0.717, 1.165) is 4.90 Å². The van der Waals surface area contributed by atoms with Crippen LogP contribution in [-0.2, 0) is 24.0 Å². The number of hydrogen-bond donors (Lipinski definition) is 6. The highest BCUT2D eigenvalue weighted by Crippen LogP contribution is 2.27. The third-order valence-corrected chi connectivity index (χ3v) is 9.05. The smallest absolute Gasteiger partial charge is 0.253 e. The Kier molecular flexibility index (Phi) is 12.4. The van der Waals surface area contributed by atoms with Crippen molar-refractivity contribution < 1.29 is 33.9 Å². The molecule has 0 radical (unpaired) electrons. The summed E-state index contributed by atoms with van der Waals surface area (Å²) in [5, 5.41) is 23.9. The zero-order chi connectivity index (χ0) is 35.1. The van der Waals surface area contributed by atoms with Gasteiger partial charge in [-0.15, -0.1) is 0 Å². The third-order valence-electron chi connectivity index (χ3n) is 8.23. The normalized spacial score (nSPS) is 25.9. The monoisotopic (exact) mass is 702 g/mol. The number of halogens is 2. The van der Waals surface area contributed by atoms with Gasteiger partial charge in [-0.2, -0.15) is 0 Å². The van der Waals surface area contributed by atoms with Crippen molar-refractivity contribution in [3.05, 3.63) is 69.7 Å². The molecule has 15 heteroatoms. The van der Waals surface area contributed by atoms with E-state index in [1.54, 1.807) is 36.4 Å². The van der Waals surface area contributed by atoms with Crippen LogP contribution >= 0.6 is 23.2 Å². The summed E-state index contributed by atoms with van der Waals surface area (Å²) < 4.78 is 0. The lowest BCUT2D eigenvalue weighted by molar-refractivity contribution is -0.143. The number of fused-ring (bicyclic) bond motifs is 1. The van der Waals surface area contributed by atoms with E-state index in [2.05, 4.69) is 26.6 Å². The first-order valence-corrected chi connectivity index (χ1v) is 16.5. The highest BCUT2D eigenvalue weighted by molar-refractivity contribution is 6.43. The van der Waals surface area contributed by atoms with E-state index in [-0.39, 0.29) is 47.3 Å². The minimum absolute atomic E-state index is 0.0361. The van der Waals surface area contributed by atoms with Crippen LogP contribution in [0.5, 0.6) is 0 Å². The fourth-order valence-electron chi connectivity index (χ4n) is 5.78. The molecule has 2 heterocycles. The Hall–Kier alpha value is -4.20. The SMILES string of the molecule is CC(C)C[C@@H]1NC(=O)C[C@@H](c2ccccc2)NC(=O)[C@H](C)NC(=O)[C@@H]2C[C@H](NC(=O)c3cccc(Cl)c3Cl)CN2C(=O)[C@H](CO)NC1=O. The number of hydrogen-bond acceptors (Lipinski definition) is 7. The molecule has 48 heavy (non-hydrogen) atoms. The molecule has 0 aromatic heterocycles. The van der Waals surface area contributed by atoms with Gasteiger partial charge in [-0.1, -0.05) is 73.4 Å². The van der Waals surface area contributed by atoms with Crippen LogP contribution in [0.1, 0.15) is 62.0 Å². The topological polar surface area (TPSA) is 186 Å². The second kappa shape index (κ2) is 16.3. The van der Waals surface area contributed by atoms with Crippen molar-refractivity contribution in [1.29, 1.82) is 0 Å². The molecule has 6 amide bonds. The summed E-state index contributed by atoms with van der Waals surface area (Å²) in [6.45, 7) is 4.23. The van der Waals surface area contributed by atoms with Crippen LogP contribution in [0, 0.1) is 5.92 Å². The third kappa shape index (κ3) is 9.03. The lowest BCUT2D eigenvalue weighted by atomic mass is 10.00. The molecule has 0 spiro atoms. The van der Waals surface area contributed by atoms with E-state index in [1.165, 1.54) is 19.1 Å². The van der Waals surface area contributed by atoms with Gasteiger partial charge in [0.15, 0.2) is 0 Å². The maximum absolute atomic E-state index is 13.8. The molecule has 6 atom stereocenters. The fraction of sp³-hybridized carbons (Fsp3) is 0.455. The van der Waals surface area contributed by atoms with Crippen LogP contribution < -0.4 is 26.6 Å². The van der Waals surface area contributed by atoms with Crippen molar-refractivity contribution in [2.45, 2.75) is 76.3 Å². The van der Waals surface area contributed by atoms with Gasteiger partial charge in [0, 0.05) is 12.6 Å². The second-order valence-corrected chi connectivity index (χ2v) is 13.2. The molecule has 2 fully saturated rings. The molecule has 4 rings (SSSR count). The summed E-state index contributed by atoms with van der Waals surface area (Å²) in [7, 11) is 0. The molecule has 258 valence electrons. The van der Waals surface area contributed by atoms with Gasteiger partial charge in [0.2, 0.25) is 29.5 Å². The molecular weight excluding hydrogens is 663 g/mol. The predicted molar refractivity (Wildman–Crippen MR) is 178 cm³/mol. The fourth-order valence-corrected chi connectivity index (χ4v) is 6.17. The van der Waals surface area contributed by atoms with Crippen molar-refractivity contribution in [3.8, 4) is 0 Å². The van der Waals surface area contributed by atoms with Crippen LogP contribution in [0.15, 0.2) is 48.5 Å². The highest BCUT2D eigenvalue weighted by Gasteiger charge is 2.44. The van der Waals surface area contributed by atoms with Gasteiger partial charge >= 0.3 is 0 Å². The highest BCUT2D eigenvalue weighted by atomic mass is 35.5. The number of carbonyl (C=O) groups is 6. The first-order chi connectivity index (χ1) is 22.8. The summed E-state index contributed by atoms with van der Waals surface area (Å²) in [6.07, 6.45) is -0.0338. The molecule has 0 saturated carbocycles. The van der Waals surface area contributed by atoms with E-state index < -0.39 is 78.3 Å². The number of aliphatic hydroxyl groups is 1. The Morgan fingerprint density at radius 2 is 1.62 bits per heavy atom. The quantitative estimate of drug-likeness (QED) is 0.263. The van der Waals surface area contributed by atoms with Crippen molar-refractivity contribution >= 4 is 58.6 Å². The summed E-state index contributed by atoms with van der Waals surface area (Å²) in [6, 6.07) is 7.02. The van der Waals surface area contributed by atoms with Gasteiger partial charge in [0.25, 0.3) is 5.91 Å². The number of aliphatic hydroxyl groups excluding tert-OH is 1. The first-order valence-electron chi connectivity index (χ1n) is 15.7. The van der Waals surface area contributed by atoms with Crippen molar-refractivity contribution in [2.24, 2.45) is 5.92 Å². The molecule has 2 aliphatic heterocycles. The summed E-state index contributed by atoms with van der Waals surface area (Å²) in [5.41, 5.74) is 0.731. The molecule has 0 bridgehead atoms. The lowest BCUT2D eigenvalue weighted by Crippen LogP contribution is -2.59. The molecule has 0 aliphatic carbocycles. The van der Waals surface area contributed by atoms with Crippen molar-refractivity contribution in [3.63, 3.8) is 0 Å². The summed E-state index contributed by atoms with van der Waals surface area (Å²) in [4.78, 5) is 81.9. The Morgan fingerprint density at radius 3 is 2.29 bits per heavy atom. The van der Waals surface area contributed by atoms with Gasteiger partial charge in [0.05, 0.1) is 34.7 Å². The van der Waals surface area contributed by atoms with E-state index >= 15 is 0 Å². The number of rotatable bonds is 6. The number of nitrogens with one attached hydrogen (secondary N) is 5. The van der Waals surface area contributed by atoms with E-state index in [0.29, 0.717) is 5.56 Å². The Morgan fingerprint density at radius 1 is 0.917 bits per heavy atom. The Bertz CT molecular complexity index is 1540. The van der Waals surface area contributed by atoms with Gasteiger partial charge < -0.3 is 36.6 Å². The standard InChI is InChI=1S/C33H40Cl2N6O7/c1-17(2)12-24-31(46)40-25(16-42)33(48)41-15-20(37-30(45)21-10-7-11-22(34)28(21)35)13-26(41)32(47)36-18(3)29(44)39-23(14-27(43)38-24)19-8-5-4-6-9-19/h4-11,17-18,20,23-26,42H,12-16H2,1-3H3,(H,36,47)(H,37,45)(H,38,43)(H,39,44)(H,40,46)/t18-,20-,23-,24-,25-,26-/m0/s1. The Labute approximate surface area is 288 Å². The summed E-state index contributed by atoms with van der Waals surface area (Å²) >= 11 is 12.3. The molecule has 13 nitrogen and oxygen atoms in total. The van der Waals surface area contributed by atoms with E-state index in [4.69, 9.17) is 23.2 Å². The predicted octanol–water partition coefficient (Wildman–Crippen LogP) is 1.47. The van der Waals surface area contributed by atoms with Gasteiger partial charge in [-0.05, 0) is 43.4 Å². The molecular formula is C33H40Cl2N6O7. The maximum Gasteiger partial charge on any atom is 0.253 e. The average Bonchev–Trinajstić information content (AvgIpc) is 3.47. The Balaban J connectivity index is 1.66. The minimum atomic E-state index is -1.47. The zero-order valence-electron chi connectivity index (χ0n) is 26.8. The van der Waals surface area contributed by atoms with Crippen molar-refractivity contribution in [2.75, 3.05) is 13.2 Å².